The van der Waals surface area contributed by atoms with Gasteiger partial charge >= 0.3 is 29.8 Å². The smallest absolute Gasteiger partial charge is 0.331 e. The van der Waals surface area contributed by atoms with Crippen molar-refractivity contribution in [3.05, 3.63) is 59.8 Å². The van der Waals surface area contributed by atoms with E-state index in [0.29, 0.717) is 5.57 Å². The fourth-order valence-corrected chi connectivity index (χ4v) is 8.57. The molecule has 17 heteroatoms. The first-order valence-corrected chi connectivity index (χ1v) is 21.9. The molecule has 3 saturated heterocycles. The molecule has 3 fully saturated rings. The van der Waals surface area contributed by atoms with Crippen LogP contribution in [0.15, 0.2) is 59.8 Å². The summed E-state index contributed by atoms with van der Waals surface area (Å²) in [6.45, 7) is 11.2. The Bertz CT molecular complexity index is 1830. The van der Waals surface area contributed by atoms with E-state index in [9.17, 15) is 44.4 Å². The number of hydrogen-bond donors (Lipinski definition) is 4. The number of aliphatic hydroxyl groups is 4. The Morgan fingerprint density at radius 1 is 0.875 bits per heavy atom. The van der Waals surface area contributed by atoms with Gasteiger partial charge in [-0.3, -0.25) is 9.59 Å². The van der Waals surface area contributed by atoms with Crippen LogP contribution in [0.1, 0.15) is 113 Å². The van der Waals surface area contributed by atoms with E-state index >= 15 is 0 Å². The molecule has 4 aliphatic rings. The van der Waals surface area contributed by atoms with E-state index in [0.717, 1.165) is 32.1 Å². The van der Waals surface area contributed by atoms with E-state index in [4.69, 9.17) is 37.9 Å². The largest absolute Gasteiger partial charge is 0.466 e. The van der Waals surface area contributed by atoms with Crippen LogP contribution in [0.5, 0.6) is 0 Å². The molecule has 4 rings (SSSR count). The number of esters is 5. The fraction of sp³-hybridized carbons (Fsp3) is 0.681. The van der Waals surface area contributed by atoms with Crippen molar-refractivity contribution < 1.29 is 82.3 Å². The second kappa shape index (κ2) is 22.3. The van der Waals surface area contributed by atoms with Crippen LogP contribution in [0, 0.1) is 10.8 Å². The average molecular weight is 905 g/mol. The van der Waals surface area contributed by atoms with Crippen LogP contribution in [0.2, 0.25) is 0 Å². The number of ether oxygens (including phenoxy) is 8. The van der Waals surface area contributed by atoms with Gasteiger partial charge in [-0.15, -0.1) is 0 Å². The van der Waals surface area contributed by atoms with Crippen LogP contribution in [-0.2, 0) is 61.9 Å². The molecule has 0 aromatic carbocycles. The second-order valence-corrected chi connectivity index (χ2v) is 18.3. The Hall–Kier alpha value is -4.23. The molecule has 4 N–H and O–H groups in total. The topological polar surface area (TPSA) is 240 Å². The lowest BCUT2D eigenvalue weighted by Gasteiger charge is -2.53. The first-order chi connectivity index (χ1) is 29.9. The predicted molar refractivity (Wildman–Crippen MR) is 228 cm³/mol. The summed E-state index contributed by atoms with van der Waals surface area (Å²) in [4.78, 5) is 64.7. The van der Waals surface area contributed by atoms with Crippen molar-refractivity contribution in [1.29, 1.82) is 0 Å². The van der Waals surface area contributed by atoms with Crippen molar-refractivity contribution in [3.63, 3.8) is 0 Å². The minimum absolute atomic E-state index is 0.0721. The highest BCUT2D eigenvalue weighted by atomic mass is 16.7. The van der Waals surface area contributed by atoms with E-state index < -0.39 is 114 Å². The maximum absolute atomic E-state index is 13.4. The van der Waals surface area contributed by atoms with Gasteiger partial charge in [0.1, 0.15) is 12.2 Å². The molecule has 1 unspecified atom stereocenters. The molecular formula is C47H68O17. The number of rotatable bonds is 9. The molecule has 0 radical (unpaired) electrons. The lowest BCUT2D eigenvalue weighted by Crippen LogP contribution is -2.62. The maximum atomic E-state index is 13.4. The van der Waals surface area contributed by atoms with Gasteiger partial charge in [0.2, 0.25) is 5.79 Å². The van der Waals surface area contributed by atoms with Crippen LogP contribution in [0.25, 0.3) is 0 Å². The Morgan fingerprint density at radius 3 is 2.20 bits per heavy atom. The highest BCUT2D eigenvalue weighted by Gasteiger charge is 2.59. The molecule has 11 atom stereocenters. The standard InChI is InChI=1S/C47H68O17/c1-10-11-12-13-14-15-39(51)62-43-31(22-41(53)58-9)21-34-25-37(28(2)48)61-42(54)24-32(50)23-35-26-38(59-29(3)49)45(6,7)46(55,63-35)27-36-19-30(20-40(52)57-8)18-33(60-36)16-17-44(4,5)47(43,56)64-34/h12-17,20,22,28,32-38,43,48,50,55-56H,10-11,18-19,21,23-27H2,1-9H3/b13-12+,15-14+,17-16+,30-20+,31-22+/t28-,32-,33+,34+,35-,36+,37-,38+,43+,46+,47?/m1/s1. The number of carbonyl (C=O) groups is 5. The quantitative estimate of drug-likeness (QED) is 0.0830. The third kappa shape index (κ3) is 13.4. The van der Waals surface area contributed by atoms with Gasteiger partial charge in [0, 0.05) is 56.3 Å². The normalized spacial score (nSPS) is 35.8. The SMILES string of the molecule is CCC/C=C/C=C/C(=O)O[C@H]1/C(=C/C(=O)OC)C[C@H]2C[C@H]([C@@H](C)O)OC(=O)C[C@H](O)C[C@@H]3C[C@H](OC(C)=O)C(C)(C)[C@](O)(C[C@@H]4C/C(=C/C(=O)OC)C[C@H](/C=C/C(C)(C)C1(O)O2)O4)O3. The van der Waals surface area contributed by atoms with Crippen LogP contribution in [0.3, 0.4) is 0 Å². The molecule has 358 valence electrons. The highest BCUT2D eigenvalue weighted by molar-refractivity contribution is 5.85. The Kier molecular flexibility index (Phi) is 18.3. The van der Waals surface area contributed by atoms with Gasteiger partial charge in [0.25, 0.3) is 0 Å². The van der Waals surface area contributed by atoms with Crippen LogP contribution < -0.4 is 0 Å². The summed E-state index contributed by atoms with van der Waals surface area (Å²) in [6, 6.07) is 0. The Labute approximate surface area is 375 Å². The number of fused-ring (bicyclic) bond motifs is 6. The minimum Gasteiger partial charge on any atom is -0.466 e. The molecular weight excluding hydrogens is 836 g/mol. The number of methoxy groups -OCH3 is 2. The van der Waals surface area contributed by atoms with E-state index in [-0.39, 0.29) is 50.5 Å². The van der Waals surface area contributed by atoms with Gasteiger partial charge in [0.15, 0.2) is 11.9 Å². The molecule has 4 heterocycles. The minimum atomic E-state index is -2.47. The lowest BCUT2D eigenvalue weighted by atomic mass is 9.70. The number of aliphatic hydroxyl groups excluding tert-OH is 2. The summed E-state index contributed by atoms with van der Waals surface area (Å²) in [5.41, 5.74) is -2.06. The van der Waals surface area contributed by atoms with Crippen LogP contribution in [-0.4, -0.2) is 131 Å². The third-order valence-electron chi connectivity index (χ3n) is 12.4. The number of unbranched alkanes of at least 4 members (excludes halogenated alkanes) is 1. The summed E-state index contributed by atoms with van der Waals surface area (Å²) in [7, 11) is 2.40. The monoisotopic (exact) mass is 904 g/mol. The van der Waals surface area contributed by atoms with Gasteiger partial charge in [-0.1, -0.05) is 77.0 Å². The van der Waals surface area contributed by atoms with Crippen LogP contribution >= 0.6 is 0 Å². The molecule has 17 nitrogen and oxygen atoms in total. The third-order valence-corrected chi connectivity index (χ3v) is 12.4. The number of carbonyl (C=O) groups excluding carboxylic acids is 5. The van der Waals surface area contributed by atoms with Crippen molar-refractivity contribution >= 4 is 29.8 Å². The zero-order valence-electron chi connectivity index (χ0n) is 38.5. The summed E-state index contributed by atoms with van der Waals surface area (Å²) in [5, 5.41) is 47.5. The van der Waals surface area contributed by atoms with Crippen molar-refractivity contribution in [2.45, 2.75) is 179 Å². The van der Waals surface area contributed by atoms with Crippen LogP contribution in [0.4, 0.5) is 0 Å². The summed E-state index contributed by atoms with van der Waals surface area (Å²) in [6.07, 6.45) is 2.55. The Morgan fingerprint density at radius 2 is 1.56 bits per heavy atom. The molecule has 0 aromatic heterocycles. The molecule has 0 spiro atoms. The molecule has 64 heavy (non-hydrogen) atoms. The van der Waals surface area contributed by atoms with Crippen molar-refractivity contribution in [3.8, 4) is 0 Å². The second-order valence-electron chi connectivity index (χ2n) is 18.3. The van der Waals surface area contributed by atoms with Crippen molar-refractivity contribution in [2.75, 3.05) is 14.2 Å². The van der Waals surface area contributed by atoms with E-state index in [1.54, 1.807) is 45.9 Å². The van der Waals surface area contributed by atoms with E-state index in [1.165, 1.54) is 33.1 Å². The lowest BCUT2D eigenvalue weighted by molar-refractivity contribution is -0.348. The molecule has 0 aliphatic carbocycles. The van der Waals surface area contributed by atoms with E-state index in [2.05, 4.69) is 0 Å². The number of allylic oxidation sites excluding steroid dienone is 3. The fourth-order valence-electron chi connectivity index (χ4n) is 8.57. The van der Waals surface area contributed by atoms with Gasteiger partial charge in [-0.05, 0) is 38.2 Å². The van der Waals surface area contributed by atoms with Gasteiger partial charge < -0.3 is 58.3 Å². The van der Waals surface area contributed by atoms with Crippen molar-refractivity contribution in [2.24, 2.45) is 10.8 Å². The molecule has 6 bridgehead atoms. The van der Waals surface area contributed by atoms with E-state index in [1.807, 2.05) is 13.0 Å². The molecule has 0 aromatic rings. The molecule has 0 saturated carbocycles. The van der Waals surface area contributed by atoms with Gasteiger partial charge in [-0.25, -0.2) is 14.4 Å². The van der Waals surface area contributed by atoms with Gasteiger partial charge in [-0.2, -0.15) is 0 Å². The van der Waals surface area contributed by atoms with Gasteiger partial charge in [0.05, 0.1) is 62.7 Å². The number of hydrogen-bond acceptors (Lipinski definition) is 17. The molecule has 0 amide bonds. The summed E-state index contributed by atoms with van der Waals surface area (Å²) < 4.78 is 46.7. The Balaban J connectivity index is 1.89. The maximum Gasteiger partial charge on any atom is 0.331 e. The molecule has 4 aliphatic heterocycles. The number of cyclic esters (lactones) is 1. The average Bonchev–Trinajstić information content (AvgIpc) is 3.19. The highest BCUT2D eigenvalue weighted by Crippen LogP contribution is 2.50. The zero-order chi connectivity index (χ0) is 47.6. The predicted octanol–water partition coefficient (Wildman–Crippen LogP) is 4.28. The zero-order valence-corrected chi connectivity index (χ0v) is 38.5. The summed E-state index contributed by atoms with van der Waals surface area (Å²) >= 11 is 0. The van der Waals surface area contributed by atoms with Crippen molar-refractivity contribution in [1.82, 2.24) is 0 Å². The first kappa shape index (κ1) is 52.4. The summed E-state index contributed by atoms with van der Waals surface area (Å²) in [5.74, 6) is -8.31. The first-order valence-electron chi connectivity index (χ1n) is 21.9.